The van der Waals surface area contributed by atoms with Gasteiger partial charge in [0.2, 0.25) is 5.76 Å². The van der Waals surface area contributed by atoms with Crippen molar-refractivity contribution < 1.29 is 19.1 Å². The third-order valence-corrected chi connectivity index (χ3v) is 3.35. The van der Waals surface area contributed by atoms with E-state index >= 15 is 0 Å². The number of hydrogen-bond acceptors (Lipinski definition) is 3. The molecule has 0 aliphatic rings. The van der Waals surface area contributed by atoms with Gasteiger partial charge in [-0.1, -0.05) is 35.9 Å². The second kappa shape index (κ2) is 7.97. The molecule has 0 aliphatic heterocycles. The largest absolute Gasteiger partial charge is 0.475 e. The van der Waals surface area contributed by atoms with Crippen LogP contribution in [0.4, 0.5) is 0 Å². The lowest BCUT2D eigenvalue weighted by molar-refractivity contribution is 0.0663. The van der Waals surface area contributed by atoms with Gasteiger partial charge in [-0.25, -0.2) is 4.79 Å². The van der Waals surface area contributed by atoms with Gasteiger partial charge in [0.05, 0.1) is 0 Å². The predicted octanol–water partition coefficient (Wildman–Crippen LogP) is 3.90. The highest BCUT2D eigenvalue weighted by Gasteiger charge is 2.11. The summed E-state index contributed by atoms with van der Waals surface area (Å²) < 4.78 is 5.23. The molecule has 0 unspecified atom stereocenters. The average molecular weight is 325 g/mol. The molecule has 1 heterocycles. The van der Waals surface area contributed by atoms with Gasteiger partial charge in [-0.15, -0.1) is 0 Å². The molecule has 0 fully saturated rings. The van der Waals surface area contributed by atoms with Crippen LogP contribution in [0.1, 0.15) is 34.8 Å². The van der Waals surface area contributed by atoms with Crippen LogP contribution in [0.25, 0.3) is 11.3 Å². The predicted molar refractivity (Wildman–Crippen MR) is 92.0 cm³/mol. The maximum absolute atomic E-state index is 12.1. The fourth-order valence-electron chi connectivity index (χ4n) is 2.04. The van der Waals surface area contributed by atoms with Crippen LogP contribution in [0, 0.1) is 0 Å². The smallest absolute Gasteiger partial charge is 0.371 e. The van der Waals surface area contributed by atoms with Crippen LogP contribution in [0.2, 0.25) is 0 Å². The summed E-state index contributed by atoms with van der Waals surface area (Å²) in [5, 5.41) is 11.7. The molecular formula is C19H19NO4. The van der Waals surface area contributed by atoms with Crippen molar-refractivity contribution in [3.8, 4) is 11.3 Å². The van der Waals surface area contributed by atoms with E-state index < -0.39 is 5.97 Å². The van der Waals surface area contributed by atoms with Crippen molar-refractivity contribution in [2.45, 2.75) is 13.8 Å². The molecule has 0 radical (unpaired) electrons. The lowest BCUT2D eigenvalue weighted by Gasteiger charge is -2.06. The van der Waals surface area contributed by atoms with Crippen LogP contribution in [0.5, 0.6) is 0 Å². The molecule has 1 aromatic heterocycles. The number of allylic oxidation sites excluding steroid dienone is 3. The minimum Gasteiger partial charge on any atom is -0.475 e. The number of carboxylic acid groups (broad SMARTS) is 1. The fourth-order valence-corrected chi connectivity index (χ4v) is 2.04. The van der Waals surface area contributed by atoms with E-state index in [1.54, 1.807) is 30.3 Å². The number of benzene rings is 1. The maximum Gasteiger partial charge on any atom is 0.371 e. The highest BCUT2D eigenvalue weighted by atomic mass is 16.4. The summed E-state index contributed by atoms with van der Waals surface area (Å²) in [6, 6.07) is 9.80. The first kappa shape index (κ1) is 17.3. The Kier molecular flexibility index (Phi) is 5.73. The Morgan fingerprint density at radius 3 is 2.46 bits per heavy atom. The number of amides is 1. The monoisotopic (exact) mass is 325 g/mol. The van der Waals surface area contributed by atoms with Gasteiger partial charge < -0.3 is 14.8 Å². The number of rotatable bonds is 6. The van der Waals surface area contributed by atoms with Crippen molar-refractivity contribution in [2.75, 3.05) is 6.54 Å². The standard InChI is InChI=1S/C19H19NO4/c1-3-4-5-13(2)12-20-18(21)15-8-6-14(7-9-15)16-10-11-17(24-16)19(22)23/h3-11H,12H2,1-2H3,(H,20,21)(H,22,23). The Labute approximate surface area is 140 Å². The van der Waals surface area contributed by atoms with Gasteiger partial charge >= 0.3 is 5.97 Å². The third-order valence-electron chi connectivity index (χ3n) is 3.35. The molecule has 0 saturated carbocycles. The topological polar surface area (TPSA) is 79.5 Å². The summed E-state index contributed by atoms with van der Waals surface area (Å²) in [4.78, 5) is 22.9. The van der Waals surface area contributed by atoms with E-state index in [0.29, 0.717) is 23.4 Å². The number of aromatic carboxylic acids is 1. The Balaban J connectivity index is 2.03. The van der Waals surface area contributed by atoms with E-state index in [4.69, 9.17) is 9.52 Å². The molecule has 124 valence electrons. The van der Waals surface area contributed by atoms with E-state index in [1.165, 1.54) is 6.07 Å². The molecular weight excluding hydrogens is 306 g/mol. The molecule has 1 amide bonds. The highest BCUT2D eigenvalue weighted by molar-refractivity contribution is 5.94. The lowest BCUT2D eigenvalue weighted by atomic mass is 10.1. The van der Waals surface area contributed by atoms with Gasteiger partial charge in [0.25, 0.3) is 5.91 Å². The number of hydrogen-bond donors (Lipinski definition) is 2. The fraction of sp³-hybridized carbons (Fsp3) is 0.158. The van der Waals surface area contributed by atoms with E-state index in [-0.39, 0.29) is 11.7 Å². The first-order valence-corrected chi connectivity index (χ1v) is 7.51. The Hall–Kier alpha value is -3.08. The van der Waals surface area contributed by atoms with Crippen molar-refractivity contribution in [3.05, 3.63) is 71.5 Å². The summed E-state index contributed by atoms with van der Waals surface area (Å²) in [6.07, 6.45) is 5.79. The van der Waals surface area contributed by atoms with Gasteiger partial charge in [0, 0.05) is 17.7 Å². The third kappa shape index (κ3) is 4.46. The molecule has 0 aliphatic carbocycles. The number of carbonyl (C=O) groups excluding carboxylic acids is 1. The van der Waals surface area contributed by atoms with Gasteiger partial charge in [0.1, 0.15) is 5.76 Å². The zero-order valence-corrected chi connectivity index (χ0v) is 13.6. The van der Waals surface area contributed by atoms with Crippen LogP contribution >= 0.6 is 0 Å². The summed E-state index contributed by atoms with van der Waals surface area (Å²) >= 11 is 0. The molecule has 5 nitrogen and oxygen atoms in total. The van der Waals surface area contributed by atoms with Crippen LogP contribution in [0.3, 0.4) is 0 Å². The van der Waals surface area contributed by atoms with Gasteiger partial charge in [-0.3, -0.25) is 4.79 Å². The van der Waals surface area contributed by atoms with E-state index in [0.717, 1.165) is 5.57 Å². The van der Waals surface area contributed by atoms with Crippen molar-refractivity contribution >= 4 is 11.9 Å². The second-order valence-electron chi connectivity index (χ2n) is 5.27. The first-order chi connectivity index (χ1) is 11.5. The van der Waals surface area contributed by atoms with Gasteiger partial charge in [-0.05, 0) is 38.1 Å². The van der Waals surface area contributed by atoms with Crippen molar-refractivity contribution in [1.29, 1.82) is 0 Å². The molecule has 0 atom stereocenters. The van der Waals surface area contributed by atoms with Gasteiger partial charge in [0.15, 0.2) is 0 Å². The molecule has 24 heavy (non-hydrogen) atoms. The number of carboxylic acids is 1. The van der Waals surface area contributed by atoms with Crippen LogP contribution in [0.15, 0.2) is 64.6 Å². The summed E-state index contributed by atoms with van der Waals surface area (Å²) in [5.74, 6) is -0.946. The van der Waals surface area contributed by atoms with E-state index in [2.05, 4.69) is 5.32 Å². The van der Waals surface area contributed by atoms with Crippen molar-refractivity contribution in [3.63, 3.8) is 0 Å². The number of furan rings is 1. The van der Waals surface area contributed by atoms with Crippen LogP contribution in [-0.4, -0.2) is 23.5 Å². The van der Waals surface area contributed by atoms with Gasteiger partial charge in [-0.2, -0.15) is 0 Å². The lowest BCUT2D eigenvalue weighted by Crippen LogP contribution is -2.24. The Morgan fingerprint density at radius 1 is 1.17 bits per heavy atom. The molecule has 5 heteroatoms. The van der Waals surface area contributed by atoms with Crippen LogP contribution < -0.4 is 5.32 Å². The number of carbonyl (C=O) groups is 2. The molecule has 1 aromatic carbocycles. The average Bonchev–Trinajstić information content (AvgIpc) is 3.08. The molecule has 2 rings (SSSR count). The first-order valence-electron chi connectivity index (χ1n) is 7.51. The molecule has 0 saturated heterocycles. The van der Waals surface area contributed by atoms with E-state index in [1.807, 2.05) is 32.1 Å². The second-order valence-corrected chi connectivity index (χ2v) is 5.27. The molecule has 2 aromatic rings. The summed E-state index contributed by atoms with van der Waals surface area (Å²) in [5.41, 5.74) is 2.29. The molecule has 0 bridgehead atoms. The van der Waals surface area contributed by atoms with Crippen molar-refractivity contribution in [1.82, 2.24) is 5.32 Å². The summed E-state index contributed by atoms with van der Waals surface area (Å²) in [7, 11) is 0. The molecule has 2 N–H and O–H groups in total. The quantitative estimate of drug-likeness (QED) is 0.790. The summed E-state index contributed by atoms with van der Waals surface area (Å²) in [6.45, 7) is 4.35. The normalized spacial score (nSPS) is 11.7. The van der Waals surface area contributed by atoms with Crippen LogP contribution in [-0.2, 0) is 0 Å². The number of nitrogens with one attached hydrogen (secondary N) is 1. The Bertz CT molecular complexity index is 782. The zero-order chi connectivity index (χ0) is 17.5. The minimum absolute atomic E-state index is 0.116. The van der Waals surface area contributed by atoms with E-state index in [9.17, 15) is 9.59 Å². The molecule has 0 spiro atoms. The maximum atomic E-state index is 12.1. The Morgan fingerprint density at radius 2 is 1.88 bits per heavy atom. The highest BCUT2D eigenvalue weighted by Crippen LogP contribution is 2.22. The van der Waals surface area contributed by atoms with Crippen molar-refractivity contribution in [2.24, 2.45) is 0 Å². The SMILES string of the molecule is CC=CC=C(C)CNC(=O)c1ccc(-c2ccc(C(=O)O)o2)cc1. The minimum atomic E-state index is -1.11. The zero-order valence-electron chi connectivity index (χ0n) is 13.6.